The van der Waals surface area contributed by atoms with E-state index < -0.39 is 4.92 Å². The molecule has 0 bridgehead atoms. The largest absolute Gasteiger partial charge is 0.354 e. The minimum atomic E-state index is -0.407. The zero-order chi connectivity index (χ0) is 14.7. The van der Waals surface area contributed by atoms with E-state index in [4.69, 9.17) is 0 Å². The topological polar surface area (TPSA) is 90.0 Å². The highest BCUT2D eigenvalue weighted by Crippen LogP contribution is 2.31. The minimum Gasteiger partial charge on any atom is -0.351 e. The van der Waals surface area contributed by atoms with Gasteiger partial charge in [-0.3, -0.25) is 14.7 Å². The van der Waals surface area contributed by atoms with Gasteiger partial charge in [0.15, 0.2) is 0 Å². The summed E-state index contributed by atoms with van der Waals surface area (Å²) in [6.07, 6.45) is 10.5. The summed E-state index contributed by atoms with van der Waals surface area (Å²) in [7, 11) is 0. The van der Waals surface area contributed by atoms with Crippen molar-refractivity contribution in [2.75, 3.05) is 18.0 Å². The van der Waals surface area contributed by atoms with Crippen molar-refractivity contribution < 1.29 is 4.92 Å². The molecular weight excluding hydrogens is 272 g/mol. The van der Waals surface area contributed by atoms with Crippen LogP contribution in [0.4, 0.5) is 11.5 Å². The zero-order valence-corrected chi connectivity index (χ0v) is 11.6. The van der Waals surface area contributed by atoms with Crippen molar-refractivity contribution in [1.29, 1.82) is 0 Å². The van der Waals surface area contributed by atoms with Gasteiger partial charge in [0, 0.05) is 25.5 Å². The maximum Gasteiger partial charge on any atom is 0.354 e. The Morgan fingerprint density at radius 3 is 2.43 bits per heavy atom. The molecule has 2 aromatic rings. The summed E-state index contributed by atoms with van der Waals surface area (Å²) in [5.74, 6) is 0.660. The first-order valence-electron chi connectivity index (χ1n) is 7.00. The average molecular weight is 288 g/mol. The monoisotopic (exact) mass is 288 g/mol. The van der Waals surface area contributed by atoms with Crippen LogP contribution in [0, 0.1) is 10.1 Å². The van der Waals surface area contributed by atoms with E-state index in [9.17, 15) is 10.1 Å². The van der Waals surface area contributed by atoms with E-state index in [1.54, 1.807) is 17.0 Å². The lowest BCUT2D eigenvalue weighted by Gasteiger charge is -2.21. The molecule has 3 heterocycles. The lowest BCUT2D eigenvalue weighted by Crippen LogP contribution is -2.26. The van der Waals surface area contributed by atoms with E-state index in [1.165, 1.54) is 12.7 Å². The number of nitrogens with zero attached hydrogens (tertiary/aromatic N) is 6. The molecule has 0 amide bonds. The number of hydrogen-bond donors (Lipinski definition) is 0. The Morgan fingerprint density at radius 1 is 1.10 bits per heavy atom. The molecule has 110 valence electrons. The average Bonchev–Trinajstić information content (AvgIpc) is 2.89. The number of rotatable bonds is 3. The molecule has 2 aromatic heterocycles. The quantitative estimate of drug-likeness (QED) is 0.633. The Labute approximate surface area is 121 Å². The minimum absolute atomic E-state index is 0.0580. The first-order valence-corrected chi connectivity index (χ1v) is 7.00. The Hall–Kier alpha value is -2.51. The standard InChI is InChI=1S/C13H16N6O2/c20-19(21)11-12(17-6-3-1-2-4-7-17)15-9-16-13(11)18-8-5-14-10-18/h5,8-10H,1-4,6-7H2. The fourth-order valence-corrected chi connectivity index (χ4v) is 2.61. The van der Waals surface area contributed by atoms with Crippen molar-refractivity contribution in [3.8, 4) is 5.82 Å². The van der Waals surface area contributed by atoms with Crippen LogP contribution in [0.25, 0.3) is 5.82 Å². The van der Waals surface area contributed by atoms with Crippen LogP contribution in [-0.4, -0.2) is 37.5 Å². The molecule has 0 aliphatic carbocycles. The predicted octanol–water partition coefficient (Wildman–Crippen LogP) is 1.95. The maximum absolute atomic E-state index is 11.5. The van der Waals surface area contributed by atoms with Gasteiger partial charge in [-0.25, -0.2) is 15.0 Å². The number of hydrogen-bond acceptors (Lipinski definition) is 6. The molecule has 3 rings (SSSR count). The van der Waals surface area contributed by atoms with Gasteiger partial charge in [0.05, 0.1) is 4.92 Å². The van der Waals surface area contributed by atoms with E-state index >= 15 is 0 Å². The molecule has 1 aliphatic rings. The van der Waals surface area contributed by atoms with Crippen molar-refractivity contribution in [1.82, 2.24) is 19.5 Å². The third-order valence-corrected chi connectivity index (χ3v) is 3.62. The Kier molecular flexibility index (Phi) is 3.76. The summed E-state index contributed by atoms with van der Waals surface area (Å²) in [5.41, 5.74) is -0.0580. The summed E-state index contributed by atoms with van der Waals surface area (Å²) in [6.45, 7) is 1.59. The van der Waals surface area contributed by atoms with Crippen LogP contribution < -0.4 is 4.90 Å². The second kappa shape index (κ2) is 5.86. The van der Waals surface area contributed by atoms with Crippen LogP contribution >= 0.6 is 0 Å². The van der Waals surface area contributed by atoms with E-state index in [-0.39, 0.29) is 11.5 Å². The van der Waals surface area contributed by atoms with Crippen molar-refractivity contribution >= 4 is 11.5 Å². The summed E-state index contributed by atoms with van der Waals surface area (Å²) in [5, 5.41) is 11.5. The highest BCUT2D eigenvalue weighted by molar-refractivity contribution is 5.65. The van der Waals surface area contributed by atoms with Crippen LogP contribution in [-0.2, 0) is 0 Å². The molecule has 21 heavy (non-hydrogen) atoms. The molecule has 0 unspecified atom stereocenters. The molecule has 0 aromatic carbocycles. The Balaban J connectivity index is 2.07. The number of imidazole rings is 1. The fourth-order valence-electron chi connectivity index (χ4n) is 2.61. The van der Waals surface area contributed by atoms with Crippen LogP contribution in [0.3, 0.4) is 0 Å². The van der Waals surface area contributed by atoms with Crippen LogP contribution in [0.1, 0.15) is 25.7 Å². The number of nitro groups is 1. The van der Waals surface area contributed by atoms with E-state index in [0.29, 0.717) is 5.82 Å². The van der Waals surface area contributed by atoms with Crippen molar-refractivity contribution in [3.05, 3.63) is 35.2 Å². The summed E-state index contributed by atoms with van der Waals surface area (Å²) < 4.78 is 1.54. The molecule has 8 heteroatoms. The van der Waals surface area contributed by atoms with E-state index in [1.807, 2.05) is 4.90 Å². The number of aromatic nitrogens is 4. The van der Waals surface area contributed by atoms with Gasteiger partial charge in [0.2, 0.25) is 11.6 Å². The molecule has 0 saturated carbocycles. The molecule has 8 nitrogen and oxygen atoms in total. The zero-order valence-electron chi connectivity index (χ0n) is 11.6. The van der Waals surface area contributed by atoms with Gasteiger partial charge in [0.25, 0.3) is 0 Å². The van der Waals surface area contributed by atoms with Gasteiger partial charge in [-0.05, 0) is 12.8 Å². The molecule has 0 radical (unpaired) electrons. The summed E-state index contributed by atoms with van der Waals surface area (Å²) in [6, 6.07) is 0. The van der Waals surface area contributed by atoms with Gasteiger partial charge >= 0.3 is 5.69 Å². The highest BCUT2D eigenvalue weighted by Gasteiger charge is 2.28. The normalized spacial score (nSPS) is 15.7. The van der Waals surface area contributed by atoms with Gasteiger partial charge in [0.1, 0.15) is 12.7 Å². The van der Waals surface area contributed by atoms with Crippen molar-refractivity contribution in [2.24, 2.45) is 0 Å². The molecule has 0 N–H and O–H groups in total. The fraction of sp³-hybridized carbons (Fsp3) is 0.462. The van der Waals surface area contributed by atoms with Crippen LogP contribution in [0.2, 0.25) is 0 Å². The Bertz CT molecular complexity index is 620. The third-order valence-electron chi connectivity index (χ3n) is 3.62. The SMILES string of the molecule is O=[N+]([O-])c1c(N2CCCCCC2)ncnc1-n1ccnc1. The van der Waals surface area contributed by atoms with Gasteiger partial charge in [-0.1, -0.05) is 12.8 Å². The number of anilines is 1. The molecule has 1 saturated heterocycles. The first-order chi connectivity index (χ1) is 10.3. The summed E-state index contributed by atoms with van der Waals surface area (Å²) >= 11 is 0. The van der Waals surface area contributed by atoms with Crippen LogP contribution in [0.15, 0.2) is 25.0 Å². The second-order valence-electron chi connectivity index (χ2n) is 5.00. The molecule has 0 atom stereocenters. The highest BCUT2D eigenvalue weighted by atomic mass is 16.6. The Morgan fingerprint density at radius 2 is 1.81 bits per heavy atom. The second-order valence-corrected chi connectivity index (χ2v) is 5.00. The molecular formula is C13H16N6O2. The van der Waals surface area contributed by atoms with Crippen molar-refractivity contribution in [2.45, 2.75) is 25.7 Å². The van der Waals surface area contributed by atoms with Crippen LogP contribution in [0.5, 0.6) is 0 Å². The summed E-state index contributed by atoms with van der Waals surface area (Å²) in [4.78, 5) is 25.3. The van der Waals surface area contributed by atoms with Crippen molar-refractivity contribution in [3.63, 3.8) is 0 Å². The molecule has 1 aliphatic heterocycles. The molecule has 0 spiro atoms. The van der Waals surface area contributed by atoms with E-state index in [0.717, 1.165) is 38.8 Å². The van der Waals surface area contributed by atoms with Gasteiger partial charge in [-0.2, -0.15) is 0 Å². The van der Waals surface area contributed by atoms with Gasteiger partial charge in [-0.15, -0.1) is 0 Å². The molecule has 1 fully saturated rings. The smallest absolute Gasteiger partial charge is 0.351 e. The predicted molar refractivity (Wildman–Crippen MR) is 76.5 cm³/mol. The van der Waals surface area contributed by atoms with E-state index in [2.05, 4.69) is 15.0 Å². The maximum atomic E-state index is 11.5. The first kappa shape index (κ1) is 13.5. The lowest BCUT2D eigenvalue weighted by molar-refractivity contribution is -0.384. The van der Waals surface area contributed by atoms with Gasteiger partial charge < -0.3 is 4.90 Å². The third kappa shape index (κ3) is 2.69. The lowest BCUT2D eigenvalue weighted by atomic mass is 10.2.